The highest BCUT2D eigenvalue weighted by molar-refractivity contribution is 5.96. The lowest BCUT2D eigenvalue weighted by Crippen LogP contribution is -2.22. The molecule has 0 spiro atoms. The predicted molar refractivity (Wildman–Crippen MR) is 77.2 cm³/mol. The molecule has 1 aromatic carbocycles. The maximum absolute atomic E-state index is 11.9. The van der Waals surface area contributed by atoms with Crippen LogP contribution in [-0.4, -0.2) is 30.8 Å². The van der Waals surface area contributed by atoms with Gasteiger partial charge in [0.2, 0.25) is 5.91 Å². The number of nitrogens with one attached hydrogen (secondary N) is 1. The molecule has 104 valence electrons. The van der Waals surface area contributed by atoms with E-state index in [1.54, 1.807) is 38.4 Å². The number of nitrogens with zero attached hydrogens (tertiary/aromatic N) is 1. The third kappa shape index (κ3) is 4.09. The molecule has 0 saturated heterocycles. The van der Waals surface area contributed by atoms with E-state index in [2.05, 4.69) is 5.32 Å². The van der Waals surface area contributed by atoms with Crippen LogP contribution in [0.1, 0.15) is 37.0 Å². The van der Waals surface area contributed by atoms with Gasteiger partial charge in [0.25, 0.3) is 5.91 Å². The minimum Gasteiger partial charge on any atom is -0.345 e. The fourth-order valence-corrected chi connectivity index (χ4v) is 1.86. The Morgan fingerprint density at radius 2 is 1.63 bits per heavy atom. The molecule has 1 rings (SSSR count). The van der Waals surface area contributed by atoms with Gasteiger partial charge in [-0.1, -0.05) is 13.8 Å². The number of carbonyl (C=O) groups is 2. The van der Waals surface area contributed by atoms with Crippen LogP contribution < -0.4 is 5.32 Å². The average Bonchev–Trinajstić information content (AvgIpc) is 2.40. The molecule has 0 aliphatic carbocycles. The molecule has 2 amide bonds. The predicted octanol–water partition coefficient (Wildman–Crippen LogP) is 2.76. The van der Waals surface area contributed by atoms with Gasteiger partial charge in [0, 0.05) is 31.3 Å². The Morgan fingerprint density at radius 1 is 1.11 bits per heavy atom. The minimum absolute atomic E-state index is 0.0386. The first-order valence-electron chi connectivity index (χ1n) is 6.62. The number of hydrogen-bond acceptors (Lipinski definition) is 2. The maximum atomic E-state index is 11.9. The van der Waals surface area contributed by atoms with Gasteiger partial charge in [-0.05, 0) is 37.1 Å². The van der Waals surface area contributed by atoms with E-state index in [1.807, 2.05) is 13.8 Å². The van der Waals surface area contributed by atoms with Gasteiger partial charge in [-0.15, -0.1) is 0 Å². The second-order valence-electron chi connectivity index (χ2n) is 4.78. The molecule has 0 atom stereocenters. The van der Waals surface area contributed by atoms with Crippen LogP contribution in [0.4, 0.5) is 5.69 Å². The summed E-state index contributed by atoms with van der Waals surface area (Å²) in [5.74, 6) is 0.0395. The molecular formula is C15H22N2O2. The highest BCUT2D eigenvalue weighted by Gasteiger charge is 2.14. The Labute approximate surface area is 114 Å². The van der Waals surface area contributed by atoms with E-state index in [1.165, 1.54) is 4.90 Å². The molecule has 1 aromatic rings. The summed E-state index contributed by atoms with van der Waals surface area (Å²) in [6.07, 6.45) is 1.67. The third-order valence-corrected chi connectivity index (χ3v) is 3.16. The van der Waals surface area contributed by atoms with Gasteiger partial charge in [0.15, 0.2) is 0 Å². The van der Waals surface area contributed by atoms with Gasteiger partial charge >= 0.3 is 0 Å². The summed E-state index contributed by atoms with van der Waals surface area (Å²) in [7, 11) is 3.43. The van der Waals surface area contributed by atoms with Crippen LogP contribution in [0.3, 0.4) is 0 Å². The lowest BCUT2D eigenvalue weighted by Gasteiger charge is -2.14. The van der Waals surface area contributed by atoms with Gasteiger partial charge < -0.3 is 10.2 Å². The molecule has 1 N–H and O–H groups in total. The Kier molecular flexibility index (Phi) is 5.55. The van der Waals surface area contributed by atoms with Crippen LogP contribution in [-0.2, 0) is 4.79 Å². The summed E-state index contributed by atoms with van der Waals surface area (Å²) in [5.41, 5.74) is 1.35. The monoisotopic (exact) mass is 262 g/mol. The zero-order valence-electron chi connectivity index (χ0n) is 12.1. The number of rotatable bonds is 5. The van der Waals surface area contributed by atoms with Crippen molar-refractivity contribution in [3.05, 3.63) is 29.8 Å². The summed E-state index contributed by atoms with van der Waals surface area (Å²) in [4.78, 5) is 25.2. The number of carbonyl (C=O) groups excluding carboxylic acids is 2. The van der Waals surface area contributed by atoms with Crippen molar-refractivity contribution in [2.45, 2.75) is 26.7 Å². The van der Waals surface area contributed by atoms with Crippen LogP contribution in [0.5, 0.6) is 0 Å². The Bertz CT molecular complexity index is 434. The van der Waals surface area contributed by atoms with Crippen molar-refractivity contribution in [1.82, 2.24) is 4.90 Å². The van der Waals surface area contributed by atoms with Crippen LogP contribution in [0, 0.1) is 5.92 Å². The molecule has 4 heteroatoms. The van der Waals surface area contributed by atoms with Crippen molar-refractivity contribution < 1.29 is 9.59 Å². The van der Waals surface area contributed by atoms with Gasteiger partial charge in [-0.2, -0.15) is 0 Å². The quantitative estimate of drug-likeness (QED) is 0.887. The Morgan fingerprint density at radius 3 is 2.05 bits per heavy atom. The zero-order valence-corrected chi connectivity index (χ0v) is 12.1. The van der Waals surface area contributed by atoms with E-state index in [-0.39, 0.29) is 17.7 Å². The first-order chi connectivity index (χ1) is 8.99. The SMILES string of the molecule is CCC(CC)C(=O)Nc1ccc(C(=O)N(C)C)cc1. The van der Waals surface area contributed by atoms with Crippen LogP contribution in [0.15, 0.2) is 24.3 Å². The molecule has 0 aliphatic heterocycles. The van der Waals surface area contributed by atoms with Crippen molar-refractivity contribution in [3.63, 3.8) is 0 Å². The lowest BCUT2D eigenvalue weighted by molar-refractivity contribution is -0.120. The normalized spacial score (nSPS) is 10.4. The number of benzene rings is 1. The molecule has 0 bridgehead atoms. The smallest absolute Gasteiger partial charge is 0.253 e. The average molecular weight is 262 g/mol. The van der Waals surface area contributed by atoms with Gasteiger partial charge in [0.05, 0.1) is 0 Å². The largest absolute Gasteiger partial charge is 0.345 e. The van der Waals surface area contributed by atoms with E-state index < -0.39 is 0 Å². The molecule has 0 radical (unpaired) electrons. The van der Waals surface area contributed by atoms with E-state index in [4.69, 9.17) is 0 Å². The minimum atomic E-state index is -0.0436. The first kappa shape index (κ1) is 15.2. The Balaban J connectivity index is 2.72. The fraction of sp³-hybridized carbons (Fsp3) is 0.467. The van der Waals surface area contributed by atoms with Crippen molar-refractivity contribution in [3.8, 4) is 0 Å². The molecule has 0 aliphatic rings. The van der Waals surface area contributed by atoms with Crippen molar-refractivity contribution >= 4 is 17.5 Å². The first-order valence-corrected chi connectivity index (χ1v) is 6.62. The summed E-state index contributed by atoms with van der Waals surface area (Å²) >= 11 is 0. The van der Waals surface area contributed by atoms with E-state index >= 15 is 0 Å². The molecule has 0 aromatic heterocycles. The fourth-order valence-electron chi connectivity index (χ4n) is 1.86. The molecule has 19 heavy (non-hydrogen) atoms. The lowest BCUT2D eigenvalue weighted by atomic mass is 10.0. The molecule has 0 saturated carbocycles. The van der Waals surface area contributed by atoms with Crippen LogP contribution in [0.25, 0.3) is 0 Å². The molecule has 4 nitrogen and oxygen atoms in total. The highest BCUT2D eigenvalue weighted by Crippen LogP contribution is 2.14. The number of amides is 2. The van der Waals surface area contributed by atoms with Crippen molar-refractivity contribution in [2.24, 2.45) is 5.92 Å². The summed E-state index contributed by atoms with van der Waals surface area (Å²) in [6.45, 7) is 4.01. The topological polar surface area (TPSA) is 49.4 Å². The molecule has 0 heterocycles. The van der Waals surface area contributed by atoms with Gasteiger partial charge in [-0.3, -0.25) is 9.59 Å². The maximum Gasteiger partial charge on any atom is 0.253 e. The molecule has 0 fully saturated rings. The van der Waals surface area contributed by atoms with E-state index in [0.717, 1.165) is 18.5 Å². The zero-order chi connectivity index (χ0) is 14.4. The second-order valence-corrected chi connectivity index (χ2v) is 4.78. The summed E-state index contributed by atoms with van der Waals surface area (Å²) < 4.78 is 0. The van der Waals surface area contributed by atoms with E-state index in [9.17, 15) is 9.59 Å². The molecular weight excluding hydrogens is 240 g/mol. The highest BCUT2D eigenvalue weighted by atomic mass is 16.2. The van der Waals surface area contributed by atoms with Crippen molar-refractivity contribution in [2.75, 3.05) is 19.4 Å². The van der Waals surface area contributed by atoms with Crippen LogP contribution in [0.2, 0.25) is 0 Å². The summed E-state index contributed by atoms with van der Waals surface area (Å²) in [5, 5.41) is 2.88. The van der Waals surface area contributed by atoms with Crippen molar-refractivity contribution in [1.29, 1.82) is 0 Å². The number of anilines is 1. The van der Waals surface area contributed by atoms with Crippen LogP contribution >= 0.6 is 0 Å². The molecule has 0 unspecified atom stereocenters. The van der Waals surface area contributed by atoms with Gasteiger partial charge in [0.1, 0.15) is 0 Å². The Hall–Kier alpha value is -1.84. The van der Waals surface area contributed by atoms with Gasteiger partial charge in [-0.25, -0.2) is 0 Å². The standard InChI is InChI=1S/C15H22N2O2/c1-5-11(6-2)14(18)16-13-9-7-12(8-10-13)15(19)17(3)4/h7-11H,5-6H2,1-4H3,(H,16,18). The number of hydrogen-bond donors (Lipinski definition) is 1. The third-order valence-electron chi connectivity index (χ3n) is 3.16. The summed E-state index contributed by atoms with van der Waals surface area (Å²) in [6, 6.07) is 6.98. The van der Waals surface area contributed by atoms with E-state index in [0.29, 0.717) is 5.56 Å². The second kappa shape index (κ2) is 6.92.